The monoisotopic (exact) mass is 401 g/mol. The second-order valence-electron chi connectivity index (χ2n) is 7.70. The second kappa shape index (κ2) is 10.3. The van der Waals surface area contributed by atoms with Crippen molar-refractivity contribution in [1.29, 1.82) is 0 Å². The first-order chi connectivity index (χ1) is 14.1. The van der Waals surface area contributed by atoms with Crippen molar-refractivity contribution in [1.82, 2.24) is 14.7 Å². The van der Waals surface area contributed by atoms with Gasteiger partial charge in [0.2, 0.25) is 17.7 Å². The molecule has 0 saturated carbocycles. The molecule has 2 aliphatic rings. The summed E-state index contributed by atoms with van der Waals surface area (Å²) in [6.45, 7) is 3.79. The fraction of sp³-hybridized carbons (Fsp3) is 0.591. The SMILES string of the molecule is COc1ccc(CCC(=O)N2CCCN(C(=O)CCN3CCCC3=O)CC2)cc1. The Kier molecular flexibility index (Phi) is 7.49. The van der Waals surface area contributed by atoms with E-state index in [1.807, 2.05) is 34.1 Å². The van der Waals surface area contributed by atoms with E-state index in [0.717, 1.165) is 30.7 Å². The number of hydrogen-bond donors (Lipinski definition) is 0. The van der Waals surface area contributed by atoms with Gasteiger partial charge >= 0.3 is 0 Å². The third kappa shape index (κ3) is 5.95. The van der Waals surface area contributed by atoms with E-state index >= 15 is 0 Å². The highest BCUT2D eigenvalue weighted by atomic mass is 16.5. The van der Waals surface area contributed by atoms with Gasteiger partial charge in [0.05, 0.1) is 7.11 Å². The Labute approximate surface area is 172 Å². The summed E-state index contributed by atoms with van der Waals surface area (Å²) >= 11 is 0. The Morgan fingerprint density at radius 2 is 1.55 bits per heavy atom. The molecule has 0 bridgehead atoms. The van der Waals surface area contributed by atoms with E-state index in [-0.39, 0.29) is 17.7 Å². The summed E-state index contributed by atoms with van der Waals surface area (Å²) in [6, 6.07) is 7.79. The number of carbonyl (C=O) groups excluding carboxylic acids is 3. The highest BCUT2D eigenvalue weighted by Gasteiger charge is 2.24. The molecule has 2 heterocycles. The summed E-state index contributed by atoms with van der Waals surface area (Å²) in [5.41, 5.74) is 1.11. The molecule has 3 amide bonds. The summed E-state index contributed by atoms with van der Waals surface area (Å²) in [5.74, 6) is 1.18. The maximum atomic E-state index is 12.6. The number of amides is 3. The molecular formula is C22H31N3O4. The van der Waals surface area contributed by atoms with Gasteiger partial charge in [0.25, 0.3) is 0 Å². The summed E-state index contributed by atoms with van der Waals surface area (Å²) < 4.78 is 5.16. The van der Waals surface area contributed by atoms with Crippen LogP contribution in [-0.2, 0) is 20.8 Å². The van der Waals surface area contributed by atoms with Gasteiger partial charge in [-0.25, -0.2) is 0 Å². The average Bonchev–Trinajstić information content (AvgIpc) is 3.00. The van der Waals surface area contributed by atoms with E-state index in [9.17, 15) is 14.4 Å². The lowest BCUT2D eigenvalue weighted by Crippen LogP contribution is -2.38. The predicted molar refractivity (Wildman–Crippen MR) is 110 cm³/mol. The number of nitrogens with zero attached hydrogens (tertiary/aromatic N) is 3. The van der Waals surface area contributed by atoms with Crippen LogP contribution >= 0.6 is 0 Å². The van der Waals surface area contributed by atoms with Crippen molar-refractivity contribution in [3.63, 3.8) is 0 Å². The van der Waals surface area contributed by atoms with E-state index in [0.29, 0.717) is 58.4 Å². The van der Waals surface area contributed by atoms with Crippen LogP contribution in [-0.4, -0.2) is 78.8 Å². The van der Waals surface area contributed by atoms with Crippen molar-refractivity contribution in [2.24, 2.45) is 0 Å². The summed E-state index contributed by atoms with van der Waals surface area (Å²) in [5, 5.41) is 0. The van der Waals surface area contributed by atoms with Gasteiger partial charge in [-0.15, -0.1) is 0 Å². The van der Waals surface area contributed by atoms with Crippen LogP contribution < -0.4 is 4.74 Å². The molecule has 2 fully saturated rings. The van der Waals surface area contributed by atoms with Gasteiger partial charge in [0.15, 0.2) is 0 Å². The molecule has 158 valence electrons. The predicted octanol–water partition coefficient (Wildman–Crippen LogP) is 1.70. The standard InChI is InChI=1S/C22H31N3O4/c1-29-19-8-5-18(6-9-19)7-10-21(27)24-13-3-14-25(17-16-24)22(28)11-15-23-12-2-4-20(23)26/h5-6,8-9H,2-4,7,10-17H2,1H3. The molecule has 2 aliphatic heterocycles. The molecule has 3 rings (SSSR count). The molecule has 1 aromatic rings. The molecule has 2 saturated heterocycles. The van der Waals surface area contributed by atoms with E-state index < -0.39 is 0 Å². The van der Waals surface area contributed by atoms with Gasteiger partial charge in [-0.1, -0.05) is 12.1 Å². The number of likely N-dealkylation sites (tertiary alicyclic amines) is 1. The highest BCUT2D eigenvalue weighted by molar-refractivity contribution is 5.80. The molecule has 0 radical (unpaired) electrons. The second-order valence-corrected chi connectivity index (χ2v) is 7.70. The van der Waals surface area contributed by atoms with Gasteiger partial charge in [-0.05, 0) is 37.0 Å². The minimum Gasteiger partial charge on any atom is -0.497 e. The van der Waals surface area contributed by atoms with Gasteiger partial charge in [-0.3, -0.25) is 14.4 Å². The molecule has 29 heavy (non-hydrogen) atoms. The number of hydrogen-bond acceptors (Lipinski definition) is 4. The zero-order valence-corrected chi connectivity index (χ0v) is 17.3. The number of aryl methyl sites for hydroxylation is 1. The first-order valence-corrected chi connectivity index (χ1v) is 10.5. The maximum Gasteiger partial charge on any atom is 0.224 e. The quantitative estimate of drug-likeness (QED) is 0.697. The number of methoxy groups -OCH3 is 1. The first-order valence-electron chi connectivity index (χ1n) is 10.5. The van der Waals surface area contributed by atoms with Crippen LogP contribution in [0.15, 0.2) is 24.3 Å². The lowest BCUT2D eigenvalue weighted by atomic mass is 10.1. The van der Waals surface area contributed by atoms with E-state index in [2.05, 4.69) is 0 Å². The Hall–Kier alpha value is -2.57. The molecule has 0 aliphatic carbocycles. The van der Waals surface area contributed by atoms with Crippen LogP contribution in [0.5, 0.6) is 5.75 Å². The van der Waals surface area contributed by atoms with Crippen LogP contribution in [0, 0.1) is 0 Å². The molecule has 1 aromatic carbocycles. The molecule has 0 atom stereocenters. The van der Waals surface area contributed by atoms with Crippen LogP contribution in [0.2, 0.25) is 0 Å². The highest BCUT2D eigenvalue weighted by Crippen LogP contribution is 2.14. The summed E-state index contributed by atoms with van der Waals surface area (Å²) in [6.07, 6.45) is 3.83. The Morgan fingerprint density at radius 1 is 0.897 bits per heavy atom. The van der Waals surface area contributed by atoms with Crippen molar-refractivity contribution in [2.45, 2.75) is 38.5 Å². The van der Waals surface area contributed by atoms with Crippen molar-refractivity contribution < 1.29 is 19.1 Å². The number of benzene rings is 1. The molecule has 0 spiro atoms. The minimum atomic E-state index is 0.0808. The topological polar surface area (TPSA) is 70.2 Å². The van der Waals surface area contributed by atoms with Crippen molar-refractivity contribution >= 4 is 17.7 Å². The van der Waals surface area contributed by atoms with E-state index in [1.165, 1.54) is 0 Å². The zero-order valence-electron chi connectivity index (χ0n) is 17.3. The van der Waals surface area contributed by atoms with Crippen LogP contribution in [0.4, 0.5) is 0 Å². The minimum absolute atomic E-state index is 0.0808. The normalized spacial score (nSPS) is 17.4. The van der Waals surface area contributed by atoms with Gasteiger partial charge in [-0.2, -0.15) is 0 Å². The van der Waals surface area contributed by atoms with Crippen LogP contribution in [0.3, 0.4) is 0 Å². The van der Waals surface area contributed by atoms with Crippen molar-refractivity contribution in [3.8, 4) is 5.75 Å². The Morgan fingerprint density at radius 3 is 2.14 bits per heavy atom. The van der Waals surface area contributed by atoms with Crippen LogP contribution in [0.1, 0.15) is 37.7 Å². The summed E-state index contributed by atoms with van der Waals surface area (Å²) in [7, 11) is 1.64. The zero-order chi connectivity index (χ0) is 20.6. The third-order valence-corrected chi connectivity index (χ3v) is 5.75. The molecule has 7 nitrogen and oxygen atoms in total. The smallest absolute Gasteiger partial charge is 0.224 e. The maximum absolute atomic E-state index is 12.6. The molecular weight excluding hydrogens is 370 g/mol. The number of ether oxygens (including phenoxy) is 1. The molecule has 0 unspecified atom stereocenters. The van der Waals surface area contributed by atoms with Crippen LogP contribution in [0.25, 0.3) is 0 Å². The van der Waals surface area contributed by atoms with Gasteiger partial charge in [0, 0.05) is 58.5 Å². The Bertz CT molecular complexity index is 719. The van der Waals surface area contributed by atoms with E-state index in [4.69, 9.17) is 4.74 Å². The first kappa shape index (κ1) is 21.1. The van der Waals surface area contributed by atoms with Crippen molar-refractivity contribution in [3.05, 3.63) is 29.8 Å². The molecule has 0 N–H and O–H groups in total. The molecule has 0 aromatic heterocycles. The number of rotatable bonds is 7. The fourth-order valence-corrected chi connectivity index (χ4v) is 3.95. The lowest BCUT2D eigenvalue weighted by molar-refractivity contribution is -0.134. The van der Waals surface area contributed by atoms with Gasteiger partial charge < -0.3 is 19.4 Å². The average molecular weight is 402 g/mol. The summed E-state index contributed by atoms with van der Waals surface area (Å²) in [4.78, 5) is 42.3. The van der Waals surface area contributed by atoms with Crippen molar-refractivity contribution in [2.75, 3.05) is 46.4 Å². The third-order valence-electron chi connectivity index (χ3n) is 5.75. The number of carbonyl (C=O) groups is 3. The van der Waals surface area contributed by atoms with Gasteiger partial charge in [0.1, 0.15) is 5.75 Å². The van der Waals surface area contributed by atoms with E-state index in [1.54, 1.807) is 12.0 Å². The lowest BCUT2D eigenvalue weighted by Gasteiger charge is -2.23. The molecule has 7 heteroatoms. The Balaban J connectivity index is 1.41. The largest absolute Gasteiger partial charge is 0.497 e. The fourth-order valence-electron chi connectivity index (χ4n) is 3.95.